The number of piperidine rings is 1. The fourth-order valence-electron chi connectivity index (χ4n) is 2.85. The molecule has 2 aromatic heterocycles. The highest BCUT2D eigenvalue weighted by molar-refractivity contribution is 5.52. The van der Waals surface area contributed by atoms with Gasteiger partial charge < -0.3 is 15.6 Å². The molecule has 1 aliphatic heterocycles. The lowest BCUT2D eigenvalue weighted by atomic mass is 9.84. The quantitative estimate of drug-likeness (QED) is 0.889. The Kier molecular flexibility index (Phi) is 3.98. The molecule has 0 amide bonds. The van der Waals surface area contributed by atoms with Crippen LogP contribution in [0.3, 0.4) is 0 Å². The molecule has 0 aromatic carbocycles. The minimum Gasteiger partial charge on any atom is -0.337 e. The van der Waals surface area contributed by atoms with Crippen LogP contribution in [0.15, 0.2) is 29.0 Å². The number of hydrogen-bond donors (Lipinski definition) is 2. The largest absolute Gasteiger partial charge is 0.337 e. The first-order valence-electron chi connectivity index (χ1n) is 7.39. The second-order valence-corrected chi connectivity index (χ2v) is 5.97. The van der Waals surface area contributed by atoms with Gasteiger partial charge in [0, 0.05) is 18.0 Å². The fourth-order valence-corrected chi connectivity index (χ4v) is 2.85. The number of aromatic nitrogens is 3. The van der Waals surface area contributed by atoms with Crippen molar-refractivity contribution in [1.82, 2.24) is 20.4 Å². The van der Waals surface area contributed by atoms with Crippen molar-refractivity contribution in [3.63, 3.8) is 0 Å². The maximum atomic E-state index is 6.43. The summed E-state index contributed by atoms with van der Waals surface area (Å²) in [7, 11) is 0. The first kappa shape index (κ1) is 14.2. The molecule has 3 rings (SSSR count). The van der Waals surface area contributed by atoms with Crippen molar-refractivity contribution in [2.45, 2.75) is 31.7 Å². The topological polar surface area (TPSA) is 89.9 Å². The average molecular weight is 287 g/mol. The molecular formula is C15H21N5O. The van der Waals surface area contributed by atoms with Crippen molar-refractivity contribution in [2.24, 2.45) is 11.7 Å². The van der Waals surface area contributed by atoms with Gasteiger partial charge in [0.15, 0.2) is 0 Å². The number of pyridine rings is 1. The molecule has 6 heteroatoms. The standard InChI is InChI=1S/C15H21N5O/c1-15(16,10-11-2-6-17-7-3-11)14-19-13(20-21-14)12-4-8-18-9-5-12/h4-5,8-9,11,17H,2-3,6-7,10,16H2,1H3. The van der Waals surface area contributed by atoms with E-state index in [1.807, 2.05) is 19.1 Å². The van der Waals surface area contributed by atoms with Crippen LogP contribution in [-0.2, 0) is 5.54 Å². The van der Waals surface area contributed by atoms with Crippen molar-refractivity contribution in [1.29, 1.82) is 0 Å². The zero-order chi connectivity index (χ0) is 14.7. The van der Waals surface area contributed by atoms with Gasteiger partial charge in [-0.3, -0.25) is 4.98 Å². The first-order chi connectivity index (χ1) is 10.1. The van der Waals surface area contributed by atoms with Crippen LogP contribution in [-0.4, -0.2) is 28.2 Å². The van der Waals surface area contributed by atoms with Crippen molar-refractivity contribution < 1.29 is 4.52 Å². The van der Waals surface area contributed by atoms with Gasteiger partial charge in [-0.1, -0.05) is 5.16 Å². The molecule has 21 heavy (non-hydrogen) atoms. The number of rotatable bonds is 4. The molecule has 2 aromatic rings. The number of nitrogens with zero attached hydrogens (tertiary/aromatic N) is 3. The highest BCUT2D eigenvalue weighted by atomic mass is 16.5. The molecule has 0 radical (unpaired) electrons. The molecule has 0 aliphatic carbocycles. The Morgan fingerprint density at radius 3 is 2.76 bits per heavy atom. The molecule has 3 heterocycles. The summed E-state index contributed by atoms with van der Waals surface area (Å²) in [5.74, 6) is 1.68. The van der Waals surface area contributed by atoms with Crippen LogP contribution in [0.25, 0.3) is 11.4 Å². The molecule has 6 nitrogen and oxygen atoms in total. The zero-order valence-electron chi connectivity index (χ0n) is 12.2. The minimum atomic E-state index is -0.583. The van der Waals surface area contributed by atoms with E-state index in [2.05, 4.69) is 20.4 Å². The number of nitrogens with one attached hydrogen (secondary N) is 1. The van der Waals surface area contributed by atoms with E-state index in [0.717, 1.165) is 37.9 Å². The summed E-state index contributed by atoms with van der Waals surface area (Å²) in [6, 6.07) is 3.71. The minimum absolute atomic E-state index is 0.507. The van der Waals surface area contributed by atoms with Gasteiger partial charge >= 0.3 is 0 Å². The molecule has 1 saturated heterocycles. The van der Waals surface area contributed by atoms with Crippen LogP contribution in [0.2, 0.25) is 0 Å². The normalized spacial score (nSPS) is 19.3. The van der Waals surface area contributed by atoms with E-state index in [9.17, 15) is 0 Å². The Morgan fingerprint density at radius 1 is 1.33 bits per heavy atom. The molecule has 3 N–H and O–H groups in total. The fraction of sp³-hybridized carbons (Fsp3) is 0.533. The Morgan fingerprint density at radius 2 is 2.05 bits per heavy atom. The molecular weight excluding hydrogens is 266 g/mol. The second-order valence-electron chi connectivity index (χ2n) is 5.97. The Balaban J connectivity index is 1.75. The number of nitrogens with two attached hydrogens (primary N) is 1. The summed E-state index contributed by atoms with van der Waals surface area (Å²) in [4.78, 5) is 8.46. The van der Waals surface area contributed by atoms with Crippen LogP contribution >= 0.6 is 0 Å². The lowest BCUT2D eigenvalue weighted by Gasteiger charge is -2.29. The second kappa shape index (κ2) is 5.91. The van der Waals surface area contributed by atoms with Gasteiger partial charge in [0.2, 0.25) is 11.7 Å². The summed E-state index contributed by atoms with van der Waals surface area (Å²) < 4.78 is 5.40. The monoisotopic (exact) mass is 287 g/mol. The third kappa shape index (κ3) is 3.28. The lowest BCUT2D eigenvalue weighted by molar-refractivity contribution is 0.228. The smallest absolute Gasteiger partial charge is 0.246 e. The molecule has 1 atom stereocenters. The molecule has 0 bridgehead atoms. The summed E-state index contributed by atoms with van der Waals surface area (Å²) in [6.45, 7) is 4.10. The highest BCUT2D eigenvalue weighted by Crippen LogP contribution is 2.30. The summed E-state index contributed by atoms with van der Waals surface area (Å²) in [5, 5.41) is 7.41. The van der Waals surface area contributed by atoms with Gasteiger partial charge in [-0.25, -0.2) is 0 Å². The van der Waals surface area contributed by atoms with Gasteiger partial charge in [-0.15, -0.1) is 0 Å². The third-order valence-electron chi connectivity index (χ3n) is 4.02. The molecule has 0 spiro atoms. The van der Waals surface area contributed by atoms with Gasteiger partial charge in [0.05, 0.1) is 5.54 Å². The maximum Gasteiger partial charge on any atom is 0.246 e. The summed E-state index contributed by atoms with van der Waals surface area (Å²) in [5.41, 5.74) is 6.73. The average Bonchev–Trinajstić information content (AvgIpc) is 2.99. The van der Waals surface area contributed by atoms with Gasteiger partial charge in [-0.05, 0) is 57.3 Å². The predicted molar refractivity (Wildman–Crippen MR) is 79.3 cm³/mol. The van der Waals surface area contributed by atoms with Crippen LogP contribution in [0.5, 0.6) is 0 Å². The van der Waals surface area contributed by atoms with Crippen molar-refractivity contribution in [3.05, 3.63) is 30.4 Å². The van der Waals surface area contributed by atoms with E-state index in [-0.39, 0.29) is 0 Å². The van der Waals surface area contributed by atoms with Crippen molar-refractivity contribution in [2.75, 3.05) is 13.1 Å². The van der Waals surface area contributed by atoms with Gasteiger partial charge in [-0.2, -0.15) is 4.98 Å². The van der Waals surface area contributed by atoms with E-state index in [1.165, 1.54) is 0 Å². The number of hydrogen-bond acceptors (Lipinski definition) is 6. The Bertz CT molecular complexity index is 575. The lowest BCUT2D eigenvalue weighted by Crippen LogP contribution is -2.38. The maximum absolute atomic E-state index is 6.43. The van der Waals surface area contributed by atoms with E-state index in [1.54, 1.807) is 12.4 Å². The van der Waals surface area contributed by atoms with E-state index in [4.69, 9.17) is 10.3 Å². The summed E-state index contributed by atoms with van der Waals surface area (Å²) in [6.07, 6.45) is 6.59. The van der Waals surface area contributed by atoms with Crippen LogP contribution in [0.4, 0.5) is 0 Å². The molecule has 1 unspecified atom stereocenters. The molecule has 1 aliphatic rings. The Labute approximate surface area is 124 Å². The highest BCUT2D eigenvalue weighted by Gasteiger charge is 2.32. The van der Waals surface area contributed by atoms with E-state index in [0.29, 0.717) is 17.6 Å². The van der Waals surface area contributed by atoms with Crippen molar-refractivity contribution >= 4 is 0 Å². The summed E-state index contributed by atoms with van der Waals surface area (Å²) >= 11 is 0. The molecule has 112 valence electrons. The van der Waals surface area contributed by atoms with E-state index >= 15 is 0 Å². The molecule has 0 saturated carbocycles. The predicted octanol–water partition coefficient (Wildman–Crippen LogP) is 1.70. The van der Waals surface area contributed by atoms with Crippen LogP contribution in [0.1, 0.15) is 32.1 Å². The zero-order valence-corrected chi connectivity index (χ0v) is 12.2. The van der Waals surface area contributed by atoms with E-state index < -0.39 is 5.54 Å². The molecule has 1 fully saturated rings. The SMILES string of the molecule is CC(N)(CC1CCNCC1)c1nc(-c2ccncc2)no1. The first-order valence-corrected chi connectivity index (χ1v) is 7.39. The van der Waals surface area contributed by atoms with Crippen LogP contribution in [0, 0.1) is 5.92 Å². The van der Waals surface area contributed by atoms with Crippen LogP contribution < -0.4 is 11.1 Å². The Hall–Kier alpha value is -1.79. The third-order valence-corrected chi connectivity index (χ3v) is 4.02. The van der Waals surface area contributed by atoms with Gasteiger partial charge in [0.25, 0.3) is 0 Å². The van der Waals surface area contributed by atoms with Crippen molar-refractivity contribution in [3.8, 4) is 11.4 Å². The van der Waals surface area contributed by atoms with Gasteiger partial charge in [0.1, 0.15) is 0 Å².